The van der Waals surface area contributed by atoms with E-state index in [9.17, 15) is 9.59 Å². The third-order valence-corrected chi connectivity index (χ3v) is 4.65. The Bertz CT molecular complexity index is 699. The zero-order valence-electron chi connectivity index (χ0n) is 13.7. The molecule has 1 atom stereocenters. The van der Waals surface area contributed by atoms with E-state index in [0.29, 0.717) is 10.9 Å². The van der Waals surface area contributed by atoms with Crippen molar-refractivity contribution in [1.82, 2.24) is 4.98 Å². The smallest absolute Gasteiger partial charge is 0.337 e. The molecular weight excluding hydrogens is 324 g/mol. The summed E-state index contributed by atoms with van der Waals surface area (Å²) in [7, 11) is 0. The highest BCUT2D eigenvalue weighted by Gasteiger charge is 2.08. The van der Waals surface area contributed by atoms with Crippen molar-refractivity contribution in [2.75, 3.05) is 11.1 Å². The second kappa shape index (κ2) is 8.49. The van der Waals surface area contributed by atoms with Crippen LogP contribution in [0.5, 0.6) is 0 Å². The Balaban J connectivity index is 1.85. The molecule has 0 spiro atoms. The molecule has 126 valence electrons. The number of aromatic nitrogens is 1. The molecular formula is C18H20N2O3S. The number of carboxylic acid groups (broad SMARTS) is 1. The number of rotatable bonds is 7. The Labute approximate surface area is 145 Å². The van der Waals surface area contributed by atoms with Gasteiger partial charge in [-0.05, 0) is 42.2 Å². The molecule has 24 heavy (non-hydrogen) atoms. The van der Waals surface area contributed by atoms with Crippen LogP contribution < -0.4 is 5.32 Å². The summed E-state index contributed by atoms with van der Waals surface area (Å²) < 4.78 is 0. The molecule has 0 saturated carbocycles. The molecule has 1 amide bonds. The van der Waals surface area contributed by atoms with E-state index in [1.54, 1.807) is 6.07 Å². The molecule has 0 aliphatic rings. The Kier molecular flexibility index (Phi) is 6.37. The molecule has 0 aliphatic heterocycles. The molecule has 0 aliphatic carbocycles. The second-order valence-corrected chi connectivity index (χ2v) is 6.45. The highest BCUT2D eigenvalue weighted by molar-refractivity contribution is 7.99. The van der Waals surface area contributed by atoms with Crippen LogP contribution in [0, 0.1) is 0 Å². The van der Waals surface area contributed by atoms with E-state index >= 15 is 0 Å². The summed E-state index contributed by atoms with van der Waals surface area (Å²) in [5.41, 5.74) is 2.15. The number of carbonyl (C=O) groups is 2. The molecule has 2 rings (SSSR count). The van der Waals surface area contributed by atoms with Crippen molar-refractivity contribution in [2.45, 2.75) is 31.2 Å². The number of pyridine rings is 1. The molecule has 1 aromatic carbocycles. The number of carboxylic acids is 1. The van der Waals surface area contributed by atoms with Crippen molar-refractivity contribution in [2.24, 2.45) is 0 Å². The molecule has 5 nitrogen and oxygen atoms in total. The second-order valence-electron chi connectivity index (χ2n) is 5.46. The summed E-state index contributed by atoms with van der Waals surface area (Å²) >= 11 is 1.26. The fraction of sp³-hybridized carbons (Fsp3) is 0.278. The summed E-state index contributed by atoms with van der Waals surface area (Å²) in [6, 6.07) is 11.0. The normalized spacial score (nSPS) is 11.8. The molecule has 0 fully saturated rings. The Hall–Kier alpha value is -2.34. The monoisotopic (exact) mass is 344 g/mol. The first-order valence-corrected chi connectivity index (χ1v) is 8.70. The van der Waals surface area contributed by atoms with Gasteiger partial charge in [-0.3, -0.25) is 4.79 Å². The van der Waals surface area contributed by atoms with Crippen LogP contribution in [0.1, 0.15) is 42.1 Å². The van der Waals surface area contributed by atoms with Gasteiger partial charge in [-0.1, -0.05) is 37.7 Å². The summed E-state index contributed by atoms with van der Waals surface area (Å²) in [5, 5.41) is 12.3. The number of amides is 1. The van der Waals surface area contributed by atoms with Crippen LogP contribution in [-0.2, 0) is 4.79 Å². The number of anilines is 1. The maximum atomic E-state index is 12.0. The quantitative estimate of drug-likeness (QED) is 0.742. The van der Waals surface area contributed by atoms with Crippen LogP contribution in [0.4, 0.5) is 5.69 Å². The zero-order valence-corrected chi connectivity index (χ0v) is 14.5. The molecule has 1 aromatic heterocycles. The van der Waals surface area contributed by atoms with Gasteiger partial charge in [0, 0.05) is 11.9 Å². The molecule has 2 N–H and O–H groups in total. The van der Waals surface area contributed by atoms with Gasteiger partial charge < -0.3 is 10.4 Å². The summed E-state index contributed by atoms with van der Waals surface area (Å²) in [5.74, 6) is -0.421. The molecule has 0 bridgehead atoms. The molecule has 1 unspecified atom stereocenters. The topological polar surface area (TPSA) is 79.3 Å². The number of hydrogen-bond acceptors (Lipinski definition) is 4. The van der Waals surface area contributed by atoms with Gasteiger partial charge in [-0.25, -0.2) is 9.78 Å². The van der Waals surface area contributed by atoms with Gasteiger partial charge >= 0.3 is 5.97 Å². The summed E-state index contributed by atoms with van der Waals surface area (Å²) in [6.07, 6.45) is 2.37. The van der Waals surface area contributed by atoms with E-state index in [-0.39, 0.29) is 17.2 Å². The van der Waals surface area contributed by atoms with E-state index in [1.807, 2.05) is 24.3 Å². The van der Waals surface area contributed by atoms with Crippen LogP contribution in [0.3, 0.4) is 0 Å². The lowest BCUT2D eigenvalue weighted by atomic mass is 9.99. The van der Waals surface area contributed by atoms with Gasteiger partial charge in [0.2, 0.25) is 5.91 Å². The minimum atomic E-state index is -1.02. The van der Waals surface area contributed by atoms with Crippen molar-refractivity contribution < 1.29 is 14.7 Å². The van der Waals surface area contributed by atoms with E-state index < -0.39 is 5.97 Å². The Morgan fingerprint density at radius 1 is 1.21 bits per heavy atom. The maximum absolute atomic E-state index is 12.0. The van der Waals surface area contributed by atoms with Gasteiger partial charge in [0.25, 0.3) is 0 Å². The predicted molar refractivity (Wildman–Crippen MR) is 95.7 cm³/mol. The predicted octanol–water partition coefficient (Wildman–Crippen LogP) is 4.02. The SMILES string of the molecule is CCC(C)c1ccc(NC(=O)CSc2ccc(C(=O)O)cn2)cc1. The van der Waals surface area contributed by atoms with Crippen molar-refractivity contribution >= 4 is 29.3 Å². The molecule has 6 heteroatoms. The average Bonchev–Trinajstić information content (AvgIpc) is 2.60. The van der Waals surface area contributed by atoms with E-state index in [4.69, 9.17) is 5.11 Å². The largest absolute Gasteiger partial charge is 0.478 e. The van der Waals surface area contributed by atoms with Crippen LogP contribution in [0.15, 0.2) is 47.6 Å². The van der Waals surface area contributed by atoms with Crippen molar-refractivity contribution in [3.63, 3.8) is 0 Å². The highest BCUT2D eigenvalue weighted by atomic mass is 32.2. The minimum Gasteiger partial charge on any atom is -0.478 e. The molecule has 1 heterocycles. The molecule has 0 radical (unpaired) electrons. The van der Waals surface area contributed by atoms with Crippen molar-refractivity contribution in [3.05, 3.63) is 53.7 Å². The summed E-state index contributed by atoms with van der Waals surface area (Å²) in [4.78, 5) is 26.8. The first-order chi connectivity index (χ1) is 11.5. The van der Waals surface area contributed by atoms with Crippen LogP contribution in [0.2, 0.25) is 0 Å². The minimum absolute atomic E-state index is 0.125. The third kappa shape index (κ3) is 5.09. The van der Waals surface area contributed by atoms with Crippen molar-refractivity contribution in [3.8, 4) is 0 Å². The van der Waals surface area contributed by atoms with E-state index in [1.165, 1.54) is 29.6 Å². The van der Waals surface area contributed by atoms with Gasteiger partial charge in [-0.2, -0.15) is 0 Å². The fourth-order valence-corrected chi connectivity index (χ4v) is 2.70. The van der Waals surface area contributed by atoms with Gasteiger partial charge in [0.05, 0.1) is 16.3 Å². The highest BCUT2D eigenvalue weighted by Crippen LogP contribution is 2.21. The summed E-state index contributed by atoms with van der Waals surface area (Å²) in [6.45, 7) is 4.32. The van der Waals surface area contributed by atoms with Crippen LogP contribution in [-0.4, -0.2) is 27.7 Å². The van der Waals surface area contributed by atoms with E-state index in [0.717, 1.165) is 12.1 Å². The number of thioether (sulfide) groups is 1. The average molecular weight is 344 g/mol. The number of nitrogens with zero attached hydrogens (tertiary/aromatic N) is 1. The van der Waals surface area contributed by atoms with Gasteiger partial charge in [0.1, 0.15) is 0 Å². The van der Waals surface area contributed by atoms with Crippen LogP contribution in [0.25, 0.3) is 0 Å². The fourth-order valence-electron chi connectivity index (χ4n) is 2.06. The molecule has 0 saturated heterocycles. The first-order valence-electron chi connectivity index (χ1n) is 7.71. The van der Waals surface area contributed by atoms with Gasteiger partial charge in [0.15, 0.2) is 0 Å². The van der Waals surface area contributed by atoms with Crippen molar-refractivity contribution in [1.29, 1.82) is 0 Å². The van der Waals surface area contributed by atoms with Gasteiger partial charge in [-0.15, -0.1) is 0 Å². The Morgan fingerprint density at radius 2 is 1.92 bits per heavy atom. The number of nitrogens with one attached hydrogen (secondary N) is 1. The van der Waals surface area contributed by atoms with Crippen LogP contribution >= 0.6 is 11.8 Å². The zero-order chi connectivity index (χ0) is 17.5. The lowest BCUT2D eigenvalue weighted by molar-refractivity contribution is -0.113. The number of hydrogen-bond donors (Lipinski definition) is 2. The number of aromatic carboxylic acids is 1. The molecule has 2 aromatic rings. The van der Waals surface area contributed by atoms with E-state index in [2.05, 4.69) is 24.1 Å². The first kappa shape index (κ1) is 18.0. The number of carbonyl (C=O) groups excluding carboxylic acids is 1. The lowest BCUT2D eigenvalue weighted by Crippen LogP contribution is -2.14. The lowest BCUT2D eigenvalue weighted by Gasteiger charge is -2.10. The maximum Gasteiger partial charge on any atom is 0.337 e. The number of benzene rings is 1. The standard InChI is InChI=1S/C18H20N2O3S/c1-3-12(2)13-4-7-15(8-5-13)20-16(21)11-24-17-9-6-14(10-19-17)18(22)23/h4-10,12H,3,11H2,1-2H3,(H,20,21)(H,22,23). The third-order valence-electron chi connectivity index (χ3n) is 3.71. The Morgan fingerprint density at radius 3 is 2.46 bits per heavy atom.